The molecule has 0 amide bonds. The molecule has 10 heterocycles. The third-order valence-corrected chi connectivity index (χ3v) is 16.3. The highest BCUT2D eigenvalue weighted by molar-refractivity contribution is 6.28. The van der Waals surface area contributed by atoms with Gasteiger partial charge in [-0.2, -0.15) is 0 Å². The number of anilines is 1. The summed E-state index contributed by atoms with van der Waals surface area (Å²) in [6.07, 6.45) is 15.3. The largest absolute Gasteiger partial charge is 0.384 e. The summed E-state index contributed by atoms with van der Waals surface area (Å²) in [5, 5.41) is 0.331. The number of imidazole rings is 2. The first kappa shape index (κ1) is 55.8. The van der Waals surface area contributed by atoms with Crippen molar-refractivity contribution in [3.8, 4) is 22.3 Å². The Balaban J connectivity index is 0.000000148. The van der Waals surface area contributed by atoms with E-state index in [2.05, 4.69) is 73.3 Å². The van der Waals surface area contributed by atoms with Crippen LogP contribution < -0.4 is 5.73 Å². The van der Waals surface area contributed by atoms with Crippen molar-refractivity contribution < 1.29 is 17.6 Å². The van der Waals surface area contributed by atoms with Gasteiger partial charge < -0.3 is 24.7 Å². The number of hydrogen-bond acceptors (Lipinski definition) is 13. The molecule has 4 aliphatic heterocycles. The number of nitrogen functional groups attached to an aromatic ring is 1. The molecule has 0 spiro atoms. The zero-order valence-corrected chi connectivity index (χ0v) is 47.1. The van der Waals surface area contributed by atoms with Crippen molar-refractivity contribution in [2.45, 2.75) is 137 Å². The average molecular weight is 1100 g/mol. The Kier molecular flexibility index (Phi) is 16.7. The fourth-order valence-corrected chi connectivity index (χ4v) is 12.5. The zero-order valence-electron chi connectivity index (χ0n) is 46.3. The number of rotatable bonds is 12. The van der Waals surface area contributed by atoms with Gasteiger partial charge in [0.2, 0.25) is 5.28 Å². The fraction of sp³-hybridized carbons (Fsp3) is 0.458. The molecule has 416 valence electrons. The third kappa shape index (κ3) is 12.0. The number of piperazine rings is 2. The van der Waals surface area contributed by atoms with Crippen molar-refractivity contribution >= 4 is 39.5 Å². The van der Waals surface area contributed by atoms with Gasteiger partial charge in [0.05, 0.1) is 29.8 Å². The minimum atomic E-state index is -0.541. The Morgan fingerprint density at radius 3 is 1.39 bits per heavy atom. The predicted octanol–water partition coefficient (Wildman–Crippen LogP) is 11.0. The summed E-state index contributed by atoms with van der Waals surface area (Å²) in [4.78, 5) is 44.3. The maximum Gasteiger partial charge on any atom is 0.222 e. The molecule has 4 unspecified atom stereocenters. The number of fused-ring (bicyclic) bond motifs is 6. The number of hydrogen-bond donors (Lipinski definition) is 1. The molecule has 8 aromatic rings. The monoisotopic (exact) mass is 1100 g/mol. The molecule has 4 atom stereocenters. The Morgan fingerprint density at radius 1 is 0.544 bits per heavy atom. The van der Waals surface area contributed by atoms with Crippen LogP contribution in [0.5, 0.6) is 0 Å². The number of nitrogens with two attached hydrogens (primary N) is 1. The van der Waals surface area contributed by atoms with E-state index in [1.807, 2.05) is 75.5 Å². The van der Waals surface area contributed by atoms with E-state index < -0.39 is 23.3 Å². The first-order chi connectivity index (χ1) is 37.9. The molecule has 6 aromatic heterocycles. The van der Waals surface area contributed by atoms with E-state index >= 15 is 4.39 Å². The topological polar surface area (TPSA) is 152 Å². The summed E-state index contributed by atoms with van der Waals surface area (Å²) >= 11 is 5.72. The first-order valence-electron chi connectivity index (χ1n) is 27.6. The number of likely N-dealkylation sites (tertiary alicyclic amines) is 2. The molecule has 4 fully saturated rings. The van der Waals surface area contributed by atoms with Crippen LogP contribution in [-0.2, 0) is 19.5 Å². The molecule has 4 aliphatic rings. The van der Waals surface area contributed by atoms with Crippen molar-refractivity contribution in [1.29, 1.82) is 0 Å². The predicted molar refractivity (Wildman–Crippen MR) is 301 cm³/mol. The van der Waals surface area contributed by atoms with Crippen LogP contribution in [0, 0.1) is 37.1 Å². The highest BCUT2D eigenvalue weighted by Crippen LogP contribution is 2.35. The highest BCUT2D eigenvalue weighted by Gasteiger charge is 2.40. The smallest absolute Gasteiger partial charge is 0.222 e. The van der Waals surface area contributed by atoms with Crippen LogP contribution in [0.2, 0.25) is 5.28 Å². The van der Waals surface area contributed by atoms with E-state index in [1.165, 1.54) is 75.3 Å². The molecule has 2 N–H and O–H groups in total. The van der Waals surface area contributed by atoms with Gasteiger partial charge in [0.15, 0.2) is 11.6 Å². The molecule has 0 saturated carbocycles. The van der Waals surface area contributed by atoms with Crippen molar-refractivity contribution in [2.24, 2.45) is 0 Å². The molecule has 15 nitrogen and oxygen atoms in total. The summed E-state index contributed by atoms with van der Waals surface area (Å²) < 4.78 is 62.2. The number of nitrogens with zero attached hydrogens (tertiary/aromatic N) is 14. The minimum absolute atomic E-state index is 0.0960. The SMILES string of the molecule is CCN1CC2CCC(C1)N2Cc1cnc(Cc2cc(-c3cc(F)c4nc(C)n(C(C)C)c4c3)c(F)cn2)nc1.CCN1CC2CCC(C1)N2Cc1cnc(Cl)nc1.Cc1nc2c(F)cc(-c3cc(N)ncc3F)cc2n1C(C)C. The Labute approximate surface area is 464 Å². The second kappa shape index (κ2) is 23.7. The standard InChI is InChI=1S/C30H35F2N7.C16H16F2N4.C13H19ClN4/c1-5-37-16-23-6-7-24(17-37)38(23)15-20-12-34-29(35-13-20)11-22-10-25(27(32)14-33-22)21-8-26(31)30-28(9-21)39(18(2)3)19(4)36-30;1-8(2)22-9(3)21-16-12(17)4-10(5-14(16)22)11-6-15(19)20-7-13(11)18;1-2-17-8-11-3-4-12(9-17)18(11)7-10-5-15-13(14)16-6-10/h8-10,12-14,18,23-24H,5-7,11,15-17H2,1-4H3;4-8H,1-3H3,(H2,19,20);5-6,11-12H,2-4,7-9H2,1H3. The van der Waals surface area contributed by atoms with Crippen molar-refractivity contribution in [3.05, 3.63) is 136 Å². The van der Waals surface area contributed by atoms with E-state index in [-0.39, 0.29) is 29.0 Å². The second-order valence-electron chi connectivity index (χ2n) is 22.0. The Hall–Kier alpha value is -6.51. The van der Waals surface area contributed by atoms with Crippen LogP contribution in [-0.4, -0.2) is 132 Å². The molecule has 4 bridgehead atoms. The van der Waals surface area contributed by atoms with E-state index in [1.54, 1.807) is 18.2 Å². The first-order valence-corrected chi connectivity index (χ1v) is 28.0. The fourth-order valence-electron chi connectivity index (χ4n) is 12.4. The molecule has 79 heavy (non-hydrogen) atoms. The lowest BCUT2D eigenvalue weighted by atomic mass is 10.0. The van der Waals surface area contributed by atoms with Gasteiger partial charge in [0, 0.05) is 128 Å². The van der Waals surface area contributed by atoms with Gasteiger partial charge in [-0.1, -0.05) is 13.8 Å². The lowest BCUT2D eigenvalue weighted by molar-refractivity contribution is 0.0640. The maximum absolute atomic E-state index is 15.0. The van der Waals surface area contributed by atoms with Crippen LogP contribution >= 0.6 is 11.6 Å². The van der Waals surface area contributed by atoms with Gasteiger partial charge in [-0.25, -0.2) is 52.4 Å². The quantitative estimate of drug-likeness (QED) is 0.0913. The van der Waals surface area contributed by atoms with Gasteiger partial charge >= 0.3 is 0 Å². The molecule has 12 rings (SSSR count). The maximum atomic E-state index is 15.0. The summed E-state index contributed by atoms with van der Waals surface area (Å²) in [6, 6.07) is 12.1. The molecular weight excluding hydrogens is 1030 g/mol. The lowest BCUT2D eigenvalue weighted by Crippen LogP contribution is -2.52. The number of likely N-dealkylation sites (N-methyl/N-ethyl adjacent to an activating group) is 2. The molecule has 4 saturated heterocycles. The lowest BCUT2D eigenvalue weighted by Gasteiger charge is -2.40. The van der Waals surface area contributed by atoms with E-state index in [9.17, 15) is 13.2 Å². The third-order valence-electron chi connectivity index (χ3n) is 16.1. The van der Waals surface area contributed by atoms with Crippen molar-refractivity contribution in [1.82, 2.24) is 68.6 Å². The summed E-state index contributed by atoms with van der Waals surface area (Å²) in [5.74, 6) is 0.262. The summed E-state index contributed by atoms with van der Waals surface area (Å²) in [5.41, 5.74) is 11.8. The number of pyridine rings is 2. The van der Waals surface area contributed by atoms with Gasteiger partial charge in [-0.05, 0) is 139 Å². The summed E-state index contributed by atoms with van der Waals surface area (Å²) in [7, 11) is 0. The highest BCUT2D eigenvalue weighted by atomic mass is 35.5. The Bertz CT molecular complexity index is 3410. The van der Waals surface area contributed by atoms with Crippen molar-refractivity contribution in [2.75, 3.05) is 45.0 Å². The molecule has 2 aromatic carbocycles. The number of halogens is 5. The second-order valence-corrected chi connectivity index (χ2v) is 22.3. The Morgan fingerprint density at radius 2 is 0.962 bits per heavy atom. The zero-order chi connectivity index (χ0) is 55.8. The van der Waals surface area contributed by atoms with Crippen LogP contribution in [0.15, 0.2) is 73.6 Å². The molecule has 20 heteroatoms. The van der Waals surface area contributed by atoms with Gasteiger partial charge in [-0.15, -0.1) is 0 Å². The van der Waals surface area contributed by atoms with Gasteiger partial charge in [0.25, 0.3) is 0 Å². The van der Waals surface area contributed by atoms with Crippen LogP contribution in [0.1, 0.15) is 114 Å². The van der Waals surface area contributed by atoms with E-state index in [0.29, 0.717) is 80.6 Å². The number of benzene rings is 2. The minimum Gasteiger partial charge on any atom is -0.384 e. The molecule has 0 aliphatic carbocycles. The average Bonchev–Trinajstić information content (AvgIpc) is 4.16. The van der Waals surface area contributed by atoms with Crippen LogP contribution in [0.4, 0.5) is 23.4 Å². The number of aryl methyl sites for hydroxylation is 2. The van der Waals surface area contributed by atoms with Gasteiger partial charge in [-0.3, -0.25) is 14.8 Å². The normalized spacial score (nSPS) is 19.6. The number of aromatic nitrogens is 10. The molecule has 0 radical (unpaired) electrons. The molecular formula is C59H70ClF4N15. The van der Waals surface area contributed by atoms with E-state index in [4.69, 9.17) is 17.3 Å². The van der Waals surface area contributed by atoms with E-state index in [0.717, 1.165) is 56.1 Å². The van der Waals surface area contributed by atoms with Crippen LogP contribution in [0.3, 0.4) is 0 Å². The van der Waals surface area contributed by atoms with Crippen LogP contribution in [0.25, 0.3) is 44.3 Å². The van der Waals surface area contributed by atoms with Gasteiger partial charge in [0.1, 0.15) is 46.0 Å². The summed E-state index contributed by atoms with van der Waals surface area (Å²) in [6.45, 7) is 25.0. The van der Waals surface area contributed by atoms with Crippen molar-refractivity contribution in [3.63, 3.8) is 0 Å².